The Kier molecular flexibility index (Phi) is 8.81. The highest BCUT2D eigenvalue weighted by Gasteiger charge is 2.51. The third-order valence-electron chi connectivity index (χ3n) is 6.92. The number of para-hydroxylation sites is 1. The lowest BCUT2D eigenvalue weighted by molar-refractivity contribution is -0.387. The van der Waals surface area contributed by atoms with Gasteiger partial charge in [0.15, 0.2) is 4.90 Å². The fourth-order valence-electron chi connectivity index (χ4n) is 5.46. The number of amides is 2. The Morgan fingerprint density at radius 3 is 2.38 bits per heavy atom. The first-order valence-electron chi connectivity index (χ1n) is 12.4. The number of rotatable bonds is 7. The van der Waals surface area contributed by atoms with Gasteiger partial charge in [0, 0.05) is 38.3 Å². The van der Waals surface area contributed by atoms with E-state index in [1.54, 1.807) is 11.8 Å². The van der Waals surface area contributed by atoms with Gasteiger partial charge >= 0.3 is 6.09 Å². The molecule has 37 heavy (non-hydrogen) atoms. The number of carbonyl (C=O) groups is 2. The summed E-state index contributed by atoms with van der Waals surface area (Å²) in [6, 6.07) is 3.54. The van der Waals surface area contributed by atoms with Crippen molar-refractivity contribution in [2.24, 2.45) is 11.3 Å². The molecule has 1 N–H and O–H groups in total. The highest BCUT2D eigenvalue weighted by Crippen LogP contribution is 2.40. The lowest BCUT2D eigenvalue weighted by atomic mass is 9.72. The van der Waals surface area contributed by atoms with Crippen LogP contribution in [0.2, 0.25) is 0 Å². The van der Waals surface area contributed by atoms with Gasteiger partial charge in [0.05, 0.1) is 30.1 Å². The maximum atomic E-state index is 13.8. The number of hydrogen-bond acceptors (Lipinski definition) is 7. The Labute approximate surface area is 217 Å². The molecule has 0 aromatic heterocycles. The molecule has 13 heteroatoms. The molecule has 2 fully saturated rings. The Morgan fingerprint density at radius 2 is 1.84 bits per heavy atom. The smallest absolute Gasteiger partial charge is 0.407 e. The molecular weight excluding hydrogens is 504 g/mol. The van der Waals surface area contributed by atoms with Gasteiger partial charge in [0.2, 0.25) is 15.9 Å². The van der Waals surface area contributed by atoms with E-state index in [0.29, 0.717) is 32.7 Å². The van der Waals surface area contributed by atoms with Crippen molar-refractivity contribution in [3.05, 3.63) is 34.4 Å². The molecule has 0 aliphatic carbocycles. The predicted octanol–water partition coefficient (Wildman–Crippen LogP) is 2.64. The summed E-state index contributed by atoms with van der Waals surface area (Å²) in [6.07, 6.45) is -0.750. The maximum absolute atomic E-state index is 13.8. The van der Waals surface area contributed by atoms with Gasteiger partial charge in [-0.15, -0.1) is 0 Å². The minimum absolute atomic E-state index is 0.0190. The van der Waals surface area contributed by atoms with E-state index in [-0.39, 0.29) is 25.4 Å². The zero-order chi connectivity index (χ0) is 27.5. The van der Waals surface area contributed by atoms with Crippen molar-refractivity contribution in [3.8, 4) is 0 Å². The van der Waals surface area contributed by atoms with E-state index in [2.05, 4.69) is 0 Å². The molecule has 0 saturated carbocycles. The van der Waals surface area contributed by atoms with Gasteiger partial charge in [-0.1, -0.05) is 39.8 Å². The van der Waals surface area contributed by atoms with Crippen molar-refractivity contribution >= 4 is 27.7 Å². The van der Waals surface area contributed by atoms with E-state index >= 15 is 0 Å². The summed E-state index contributed by atoms with van der Waals surface area (Å²) in [7, 11) is -4.39. The Bertz CT molecular complexity index is 1110. The first-order valence-corrected chi connectivity index (χ1v) is 13.9. The van der Waals surface area contributed by atoms with Crippen molar-refractivity contribution in [2.45, 2.75) is 57.5 Å². The zero-order valence-corrected chi connectivity index (χ0v) is 22.5. The second-order valence-electron chi connectivity index (χ2n) is 10.5. The van der Waals surface area contributed by atoms with E-state index in [4.69, 9.17) is 4.74 Å². The van der Waals surface area contributed by atoms with Crippen LogP contribution < -0.4 is 0 Å². The van der Waals surface area contributed by atoms with Gasteiger partial charge in [-0.25, -0.2) is 13.2 Å². The number of piperidine rings is 1. The molecule has 2 heterocycles. The Hall–Kier alpha value is -2.77. The fraction of sp³-hybridized carbons (Fsp3) is 0.667. The second-order valence-corrected chi connectivity index (χ2v) is 12.4. The van der Waals surface area contributed by atoms with Crippen LogP contribution in [0.5, 0.6) is 0 Å². The number of morpholine rings is 1. The first-order chi connectivity index (χ1) is 17.3. The summed E-state index contributed by atoms with van der Waals surface area (Å²) in [5.74, 6) is -1.04. The monoisotopic (exact) mass is 540 g/mol. The number of carbonyl (C=O) groups excluding carboxylic acids is 1. The number of nitro benzene ring substituents is 1. The van der Waals surface area contributed by atoms with Crippen LogP contribution >= 0.6 is 0 Å². The lowest BCUT2D eigenvalue weighted by Gasteiger charge is -2.51. The number of benzene rings is 1. The van der Waals surface area contributed by atoms with Crippen LogP contribution in [0, 0.1) is 21.4 Å². The molecule has 1 unspecified atom stereocenters. The normalized spacial score (nSPS) is 23.2. The molecule has 2 aliphatic rings. The Balaban J connectivity index is 2.09. The molecule has 206 valence electrons. The number of hydrogen-bond donors (Lipinski definition) is 1. The van der Waals surface area contributed by atoms with E-state index < -0.39 is 55.0 Å². The molecule has 2 amide bonds. The maximum Gasteiger partial charge on any atom is 0.407 e. The molecule has 3 rings (SSSR count). The summed E-state index contributed by atoms with van der Waals surface area (Å²) < 4.78 is 34.2. The van der Waals surface area contributed by atoms with Crippen LogP contribution in [-0.4, -0.2) is 96.0 Å². The van der Waals surface area contributed by atoms with E-state index in [1.165, 1.54) is 23.1 Å². The van der Waals surface area contributed by atoms with Crippen LogP contribution in [0.1, 0.15) is 40.5 Å². The molecule has 1 aromatic carbocycles. The van der Waals surface area contributed by atoms with Crippen molar-refractivity contribution in [1.82, 2.24) is 14.1 Å². The predicted molar refractivity (Wildman–Crippen MR) is 135 cm³/mol. The van der Waals surface area contributed by atoms with Crippen LogP contribution in [0.25, 0.3) is 0 Å². The number of likely N-dealkylation sites (tertiary alicyclic amines) is 1. The van der Waals surface area contributed by atoms with Gasteiger partial charge in [-0.05, 0) is 24.3 Å². The summed E-state index contributed by atoms with van der Waals surface area (Å²) >= 11 is 0. The van der Waals surface area contributed by atoms with Crippen LogP contribution in [0.3, 0.4) is 0 Å². The van der Waals surface area contributed by atoms with E-state index in [1.807, 2.05) is 20.8 Å². The average Bonchev–Trinajstić information content (AvgIpc) is 2.85. The van der Waals surface area contributed by atoms with Crippen LogP contribution in [0.4, 0.5) is 10.5 Å². The lowest BCUT2D eigenvalue weighted by Crippen LogP contribution is -2.64. The molecule has 0 radical (unpaired) electrons. The van der Waals surface area contributed by atoms with Gasteiger partial charge in [-0.3, -0.25) is 14.9 Å². The minimum atomic E-state index is -4.39. The first kappa shape index (κ1) is 28.8. The SMILES string of the molecule is CCCN([C@H]1C[C@@H](C(=O)N2CCOCC2)C(C(C)(C)C)N(C(=O)O)C1)S(=O)(=O)c1ccccc1[N+](=O)[O-]. The highest BCUT2D eigenvalue weighted by atomic mass is 32.2. The number of nitrogens with zero attached hydrogens (tertiary/aromatic N) is 4. The standard InChI is InChI=1S/C24H36N4O8S/c1-5-10-27(37(34,35)20-9-7-6-8-19(20)28(32)33)17-15-18(22(29)25-11-13-36-14-12-25)21(24(2,3)4)26(16-17)23(30)31/h6-9,17-18,21H,5,10-16H2,1-4H3,(H,30,31)/t17-,18+,21?/m0/s1. The molecule has 0 bridgehead atoms. The molecule has 12 nitrogen and oxygen atoms in total. The number of carboxylic acid groups (broad SMARTS) is 1. The molecule has 2 saturated heterocycles. The molecule has 0 spiro atoms. The van der Waals surface area contributed by atoms with Gasteiger partial charge in [0.1, 0.15) is 0 Å². The Morgan fingerprint density at radius 1 is 1.22 bits per heavy atom. The highest BCUT2D eigenvalue weighted by molar-refractivity contribution is 7.89. The van der Waals surface area contributed by atoms with Gasteiger partial charge < -0.3 is 19.6 Å². The van der Waals surface area contributed by atoms with E-state index in [9.17, 15) is 33.2 Å². The number of sulfonamides is 1. The molecular formula is C24H36N4O8S. The third-order valence-corrected chi connectivity index (χ3v) is 8.92. The number of ether oxygens (including phenoxy) is 1. The summed E-state index contributed by atoms with van der Waals surface area (Å²) in [6.45, 7) is 8.72. The van der Waals surface area contributed by atoms with Crippen molar-refractivity contribution in [3.63, 3.8) is 0 Å². The van der Waals surface area contributed by atoms with Crippen molar-refractivity contribution < 1.29 is 32.8 Å². The minimum Gasteiger partial charge on any atom is -0.465 e. The van der Waals surface area contributed by atoms with Crippen LogP contribution in [0.15, 0.2) is 29.2 Å². The van der Waals surface area contributed by atoms with Crippen molar-refractivity contribution in [1.29, 1.82) is 0 Å². The molecule has 2 aliphatic heterocycles. The van der Waals surface area contributed by atoms with Gasteiger partial charge in [0.25, 0.3) is 5.69 Å². The second kappa shape index (κ2) is 11.3. The van der Waals surface area contributed by atoms with E-state index in [0.717, 1.165) is 10.4 Å². The van der Waals surface area contributed by atoms with Crippen molar-refractivity contribution in [2.75, 3.05) is 39.4 Å². The van der Waals surface area contributed by atoms with Crippen LogP contribution in [-0.2, 0) is 19.6 Å². The molecule has 3 atom stereocenters. The fourth-order valence-corrected chi connectivity index (χ4v) is 7.34. The molecule has 1 aromatic rings. The topological polar surface area (TPSA) is 151 Å². The average molecular weight is 541 g/mol. The largest absolute Gasteiger partial charge is 0.465 e. The number of nitro groups is 1. The zero-order valence-electron chi connectivity index (χ0n) is 21.7. The van der Waals surface area contributed by atoms with Gasteiger partial charge in [-0.2, -0.15) is 4.31 Å². The quantitative estimate of drug-likeness (QED) is 0.409. The summed E-state index contributed by atoms with van der Waals surface area (Å²) in [5, 5.41) is 21.8. The third kappa shape index (κ3) is 6.04. The summed E-state index contributed by atoms with van der Waals surface area (Å²) in [5.41, 5.74) is -1.16. The summed E-state index contributed by atoms with van der Waals surface area (Å²) in [4.78, 5) is 39.5.